The van der Waals surface area contributed by atoms with Gasteiger partial charge in [0.15, 0.2) is 0 Å². The van der Waals surface area contributed by atoms with Crippen LogP contribution in [0.4, 0.5) is 0 Å². The molecule has 0 saturated carbocycles. The smallest absolute Gasteiger partial charge is 0.333 e. The molecule has 0 atom stereocenters. The molecule has 2 nitrogen and oxygen atoms in total. The van der Waals surface area contributed by atoms with Gasteiger partial charge in [-0.15, -0.1) is 0 Å². The number of hydrogen-bond acceptors (Lipinski definition) is 2. The van der Waals surface area contributed by atoms with Gasteiger partial charge in [0.2, 0.25) is 0 Å². The fourth-order valence-electron chi connectivity index (χ4n) is 3.38. The maximum atomic E-state index is 12.4. The van der Waals surface area contributed by atoms with E-state index in [0.717, 1.165) is 22.7 Å². The third kappa shape index (κ3) is 4.87. The highest BCUT2D eigenvalue weighted by Gasteiger charge is 2.27. The molecule has 0 radical (unpaired) electrons. The summed E-state index contributed by atoms with van der Waals surface area (Å²) in [7, 11) is -0.358. The molecule has 0 bridgehead atoms. The summed E-state index contributed by atoms with van der Waals surface area (Å²) in [4.78, 5) is 12.4. The van der Waals surface area contributed by atoms with Crippen LogP contribution in [0, 0.1) is 0 Å². The molecule has 0 aliphatic carbocycles. The van der Waals surface area contributed by atoms with Crippen LogP contribution < -0.4 is 5.19 Å². The molecule has 3 heteroatoms. The van der Waals surface area contributed by atoms with E-state index < -0.39 is 8.07 Å². The van der Waals surface area contributed by atoms with E-state index in [0.29, 0.717) is 0 Å². The Kier molecular flexibility index (Phi) is 6.27. The van der Waals surface area contributed by atoms with Gasteiger partial charge in [-0.1, -0.05) is 103 Å². The predicted octanol–water partition coefficient (Wildman–Crippen LogP) is 5.53. The van der Waals surface area contributed by atoms with E-state index in [4.69, 9.17) is 4.74 Å². The van der Waals surface area contributed by atoms with Gasteiger partial charge in [0, 0.05) is 5.57 Å². The van der Waals surface area contributed by atoms with Crippen molar-refractivity contribution in [1.29, 1.82) is 0 Å². The highest BCUT2D eigenvalue weighted by atomic mass is 28.3. The SMILES string of the molecule is COC(=O)/C(=C/c1ccc(-c2ccccc2)cc1)C[Si](C)(C)c1ccccc1. The van der Waals surface area contributed by atoms with Gasteiger partial charge in [0.25, 0.3) is 0 Å². The van der Waals surface area contributed by atoms with E-state index in [9.17, 15) is 4.79 Å². The van der Waals surface area contributed by atoms with Crippen molar-refractivity contribution in [2.24, 2.45) is 0 Å². The molecule has 0 saturated heterocycles. The van der Waals surface area contributed by atoms with E-state index in [1.807, 2.05) is 30.3 Å². The third-order valence-corrected chi connectivity index (χ3v) is 8.16. The van der Waals surface area contributed by atoms with Crippen molar-refractivity contribution >= 4 is 25.3 Å². The maximum Gasteiger partial charge on any atom is 0.333 e. The number of hydrogen-bond donors (Lipinski definition) is 0. The van der Waals surface area contributed by atoms with Crippen LogP contribution in [-0.4, -0.2) is 21.2 Å². The number of ether oxygens (including phenoxy) is 1. The van der Waals surface area contributed by atoms with Crippen molar-refractivity contribution < 1.29 is 9.53 Å². The first-order valence-electron chi connectivity index (χ1n) is 9.49. The van der Waals surface area contributed by atoms with Gasteiger partial charge in [0.05, 0.1) is 15.2 Å². The normalized spacial score (nSPS) is 11.9. The molecule has 3 rings (SSSR count). The Labute approximate surface area is 168 Å². The number of carbonyl (C=O) groups is 1. The lowest BCUT2D eigenvalue weighted by atomic mass is 10.0. The van der Waals surface area contributed by atoms with Gasteiger partial charge in [-0.2, -0.15) is 0 Å². The van der Waals surface area contributed by atoms with Crippen LogP contribution in [0.5, 0.6) is 0 Å². The average Bonchev–Trinajstić information content (AvgIpc) is 2.74. The molecule has 28 heavy (non-hydrogen) atoms. The van der Waals surface area contributed by atoms with Crippen molar-refractivity contribution in [3.8, 4) is 11.1 Å². The molecule has 0 aromatic heterocycles. The van der Waals surface area contributed by atoms with Crippen molar-refractivity contribution in [1.82, 2.24) is 0 Å². The summed E-state index contributed by atoms with van der Waals surface area (Å²) in [6.45, 7) is 4.58. The first kappa shape index (κ1) is 19.8. The minimum Gasteiger partial charge on any atom is -0.466 e. The molecule has 0 aliphatic rings. The lowest BCUT2D eigenvalue weighted by molar-refractivity contribution is -0.135. The van der Waals surface area contributed by atoms with Gasteiger partial charge in [-0.25, -0.2) is 4.79 Å². The Morgan fingerprint density at radius 3 is 1.93 bits per heavy atom. The zero-order chi connectivity index (χ0) is 20.0. The first-order chi connectivity index (χ1) is 13.5. The van der Waals surface area contributed by atoms with Gasteiger partial charge in [-0.3, -0.25) is 0 Å². The molecule has 0 heterocycles. The molecular formula is C25H26O2Si. The summed E-state index contributed by atoms with van der Waals surface area (Å²) in [6.07, 6.45) is 1.97. The first-order valence-corrected chi connectivity index (χ1v) is 12.7. The van der Waals surface area contributed by atoms with Gasteiger partial charge in [-0.05, 0) is 28.8 Å². The van der Waals surface area contributed by atoms with E-state index in [2.05, 4.69) is 73.8 Å². The minimum atomic E-state index is -1.81. The Morgan fingerprint density at radius 1 is 0.821 bits per heavy atom. The standard InChI is InChI=1S/C25H26O2Si/c1-27-25(26)23(19-28(2,3)24-12-8-5-9-13-24)18-20-14-16-22(17-15-20)21-10-6-4-7-11-21/h4-18H,19H2,1-3H3/b23-18+. The molecule has 3 aromatic rings. The molecule has 142 valence electrons. The van der Waals surface area contributed by atoms with Crippen LogP contribution in [0.25, 0.3) is 17.2 Å². The van der Waals surface area contributed by atoms with E-state index >= 15 is 0 Å². The molecule has 0 aliphatic heterocycles. The second-order valence-electron chi connectivity index (χ2n) is 7.58. The third-order valence-electron chi connectivity index (χ3n) is 4.99. The second-order valence-corrected chi connectivity index (χ2v) is 12.3. The van der Waals surface area contributed by atoms with Crippen LogP contribution in [0.3, 0.4) is 0 Å². The van der Waals surface area contributed by atoms with Gasteiger partial charge in [0.1, 0.15) is 0 Å². The largest absolute Gasteiger partial charge is 0.466 e. The summed E-state index contributed by atoms with van der Waals surface area (Å²) in [5.74, 6) is -0.247. The highest BCUT2D eigenvalue weighted by Crippen LogP contribution is 2.23. The molecular weight excluding hydrogens is 360 g/mol. The van der Waals surface area contributed by atoms with Crippen LogP contribution >= 0.6 is 0 Å². The Bertz CT molecular complexity index is 943. The molecule has 0 fully saturated rings. The fraction of sp³-hybridized carbons (Fsp3) is 0.160. The highest BCUT2D eigenvalue weighted by molar-refractivity contribution is 6.90. The van der Waals surface area contributed by atoms with Crippen molar-refractivity contribution in [3.63, 3.8) is 0 Å². The van der Waals surface area contributed by atoms with Crippen molar-refractivity contribution in [2.45, 2.75) is 19.1 Å². The summed E-state index contributed by atoms with van der Waals surface area (Å²) >= 11 is 0. The monoisotopic (exact) mass is 386 g/mol. The van der Waals surface area contributed by atoms with Crippen LogP contribution in [0.15, 0.2) is 90.5 Å². The van der Waals surface area contributed by atoms with E-state index in [1.54, 1.807) is 0 Å². The zero-order valence-corrected chi connectivity index (χ0v) is 17.7. The number of methoxy groups -OCH3 is 1. The number of benzene rings is 3. The topological polar surface area (TPSA) is 26.3 Å². The zero-order valence-electron chi connectivity index (χ0n) is 16.7. The van der Waals surface area contributed by atoms with Crippen molar-refractivity contribution in [2.75, 3.05) is 7.11 Å². The van der Waals surface area contributed by atoms with Gasteiger partial charge < -0.3 is 4.74 Å². The summed E-state index contributed by atoms with van der Waals surface area (Å²) in [6, 6.07) is 29.8. The Balaban J connectivity index is 1.87. The summed E-state index contributed by atoms with van der Waals surface area (Å²) in [5.41, 5.74) is 4.09. The molecule has 0 spiro atoms. The molecule has 3 aromatic carbocycles. The average molecular weight is 387 g/mol. The van der Waals surface area contributed by atoms with Gasteiger partial charge >= 0.3 is 5.97 Å². The second kappa shape index (κ2) is 8.85. The lowest BCUT2D eigenvalue weighted by Gasteiger charge is -2.23. The quantitative estimate of drug-likeness (QED) is 0.316. The molecule has 0 N–H and O–H groups in total. The molecule has 0 amide bonds. The van der Waals surface area contributed by atoms with Crippen LogP contribution in [-0.2, 0) is 9.53 Å². The van der Waals surface area contributed by atoms with Crippen molar-refractivity contribution in [3.05, 3.63) is 96.1 Å². The summed E-state index contributed by atoms with van der Waals surface area (Å²) < 4.78 is 5.07. The number of rotatable bonds is 6. The molecule has 0 unspecified atom stereocenters. The number of esters is 1. The lowest BCUT2D eigenvalue weighted by Crippen LogP contribution is -2.42. The number of carbonyl (C=O) groups excluding carboxylic acids is 1. The van der Waals surface area contributed by atoms with E-state index in [-0.39, 0.29) is 5.97 Å². The van der Waals surface area contributed by atoms with Crippen LogP contribution in [0.2, 0.25) is 19.1 Å². The maximum absolute atomic E-state index is 12.4. The predicted molar refractivity (Wildman–Crippen MR) is 120 cm³/mol. The van der Waals surface area contributed by atoms with E-state index in [1.165, 1.54) is 17.9 Å². The Morgan fingerprint density at radius 2 is 1.36 bits per heavy atom. The Hall–Kier alpha value is -2.91. The summed E-state index contributed by atoms with van der Waals surface area (Å²) in [5, 5.41) is 1.34. The van der Waals surface area contributed by atoms with Crippen LogP contribution in [0.1, 0.15) is 5.56 Å². The fourth-order valence-corrected chi connectivity index (χ4v) is 5.88. The minimum absolute atomic E-state index is 0.247.